The lowest BCUT2D eigenvalue weighted by molar-refractivity contribution is -0.124. The van der Waals surface area contributed by atoms with Gasteiger partial charge in [-0.3, -0.25) is 4.79 Å². The molecule has 0 radical (unpaired) electrons. The minimum atomic E-state index is -0.0682. The van der Waals surface area contributed by atoms with Gasteiger partial charge < -0.3 is 10.1 Å². The lowest BCUT2D eigenvalue weighted by Gasteiger charge is -2.29. The van der Waals surface area contributed by atoms with E-state index in [4.69, 9.17) is 16.3 Å². The Hall–Kier alpha value is -1.22. The van der Waals surface area contributed by atoms with Gasteiger partial charge in [-0.25, -0.2) is 0 Å². The summed E-state index contributed by atoms with van der Waals surface area (Å²) in [5.41, 5.74) is 1.06. The molecule has 2 atom stereocenters. The first-order valence-electron chi connectivity index (χ1n) is 7.24. The molecule has 0 unspecified atom stereocenters. The molecule has 1 amide bonds. The fourth-order valence-electron chi connectivity index (χ4n) is 2.64. The Morgan fingerprint density at radius 2 is 2.15 bits per heavy atom. The number of hydrogen-bond acceptors (Lipinski definition) is 2. The van der Waals surface area contributed by atoms with E-state index < -0.39 is 0 Å². The van der Waals surface area contributed by atoms with Crippen molar-refractivity contribution < 1.29 is 9.53 Å². The molecule has 1 saturated carbocycles. The molecule has 110 valence electrons. The summed E-state index contributed by atoms with van der Waals surface area (Å²) in [7, 11) is 0. The largest absolute Gasteiger partial charge is 0.482 e. The van der Waals surface area contributed by atoms with E-state index in [1.807, 2.05) is 19.1 Å². The molecule has 0 heterocycles. The van der Waals surface area contributed by atoms with Gasteiger partial charge in [-0.05, 0) is 43.4 Å². The topological polar surface area (TPSA) is 38.3 Å². The number of halogens is 1. The third kappa shape index (κ3) is 4.14. The fraction of sp³-hybridized carbons (Fsp3) is 0.562. The number of nitrogens with one attached hydrogen (secondary N) is 1. The molecule has 3 nitrogen and oxygen atoms in total. The Bertz CT molecular complexity index is 476. The van der Waals surface area contributed by atoms with Crippen molar-refractivity contribution in [3.05, 3.63) is 28.8 Å². The van der Waals surface area contributed by atoms with E-state index in [9.17, 15) is 4.79 Å². The van der Waals surface area contributed by atoms with Gasteiger partial charge in [-0.2, -0.15) is 0 Å². The van der Waals surface area contributed by atoms with Crippen LogP contribution in [0.25, 0.3) is 0 Å². The van der Waals surface area contributed by atoms with Crippen molar-refractivity contribution in [1.82, 2.24) is 5.32 Å². The number of amides is 1. The highest BCUT2D eigenvalue weighted by Crippen LogP contribution is 2.26. The first-order valence-corrected chi connectivity index (χ1v) is 7.62. The second kappa shape index (κ2) is 6.98. The molecular formula is C16H22ClNO2. The molecule has 0 aliphatic heterocycles. The summed E-state index contributed by atoms with van der Waals surface area (Å²) < 4.78 is 5.51. The molecule has 1 fully saturated rings. The molecule has 1 aliphatic carbocycles. The second-order valence-electron chi connectivity index (χ2n) is 5.66. The van der Waals surface area contributed by atoms with Crippen LogP contribution in [0.4, 0.5) is 0 Å². The summed E-state index contributed by atoms with van der Waals surface area (Å²) in [6.45, 7) is 4.18. The van der Waals surface area contributed by atoms with Crippen molar-refractivity contribution in [2.45, 2.75) is 45.6 Å². The zero-order chi connectivity index (χ0) is 14.5. The summed E-state index contributed by atoms with van der Waals surface area (Å²) in [5.74, 6) is 1.05. The molecule has 1 N–H and O–H groups in total. The average molecular weight is 296 g/mol. The van der Waals surface area contributed by atoms with Gasteiger partial charge >= 0.3 is 0 Å². The van der Waals surface area contributed by atoms with E-state index >= 15 is 0 Å². The minimum absolute atomic E-state index is 0.0202. The van der Waals surface area contributed by atoms with Crippen molar-refractivity contribution in [2.24, 2.45) is 5.92 Å². The van der Waals surface area contributed by atoms with Crippen LogP contribution in [0.2, 0.25) is 5.02 Å². The van der Waals surface area contributed by atoms with Crippen molar-refractivity contribution in [1.29, 1.82) is 0 Å². The number of ether oxygens (including phenoxy) is 1. The summed E-state index contributed by atoms with van der Waals surface area (Å²) in [6.07, 6.45) is 4.72. The van der Waals surface area contributed by atoms with Gasteiger partial charge in [0.15, 0.2) is 6.61 Å². The van der Waals surface area contributed by atoms with Gasteiger partial charge in [0.25, 0.3) is 5.91 Å². The van der Waals surface area contributed by atoms with E-state index in [1.54, 1.807) is 6.07 Å². The van der Waals surface area contributed by atoms with Crippen molar-refractivity contribution >= 4 is 17.5 Å². The van der Waals surface area contributed by atoms with Crippen LogP contribution in [0.15, 0.2) is 18.2 Å². The standard InChI is InChI=1S/C16H22ClNO2/c1-11-7-8-13(17)15(9-11)20-10-16(19)18-14-6-4-3-5-12(14)2/h7-9,12,14H,3-6,10H2,1-2H3,(H,18,19)/t12-,14+/m1/s1. The molecule has 1 aromatic rings. The van der Waals surface area contributed by atoms with Crippen LogP contribution in [0.1, 0.15) is 38.2 Å². The summed E-state index contributed by atoms with van der Waals surface area (Å²) in [5, 5.41) is 3.60. The van der Waals surface area contributed by atoms with Crippen molar-refractivity contribution in [3.63, 3.8) is 0 Å². The SMILES string of the molecule is Cc1ccc(Cl)c(OCC(=O)N[C@H]2CCCC[C@H]2C)c1. The lowest BCUT2D eigenvalue weighted by Crippen LogP contribution is -2.43. The Morgan fingerprint density at radius 3 is 2.90 bits per heavy atom. The maximum Gasteiger partial charge on any atom is 0.258 e. The van der Waals surface area contributed by atoms with Gasteiger partial charge in [0.2, 0.25) is 0 Å². The zero-order valence-electron chi connectivity index (χ0n) is 12.1. The van der Waals surface area contributed by atoms with Crippen LogP contribution in [-0.2, 0) is 4.79 Å². The van der Waals surface area contributed by atoms with Crippen LogP contribution < -0.4 is 10.1 Å². The van der Waals surface area contributed by atoms with E-state index in [2.05, 4.69) is 12.2 Å². The number of hydrogen-bond donors (Lipinski definition) is 1. The Labute approximate surface area is 125 Å². The molecule has 1 aliphatic rings. The molecule has 0 bridgehead atoms. The Morgan fingerprint density at radius 1 is 1.40 bits per heavy atom. The van der Waals surface area contributed by atoms with Crippen LogP contribution in [0.3, 0.4) is 0 Å². The number of aryl methyl sites for hydroxylation is 1. The van der Waals surface area contributed by atoms with Gasteiger partial charge in [0, 0.05) is 6.04 Å². The Kier molecular flexibility index (Phi) is 5.30. The number of benzene rings is 1. The van der Waals surface area contributed by atoms with Gasteiger partial charge in [-0.1, -0.05) is 37.4 Å². The fourth-order valence-corrected chi connectivity index (χ4v) is 2.82. The van der Waals surface area contributed by atoms with E-state index in [-0.39, 0.29) is 18.6 Å². The van der Waals surface area contributed by atoms with E-state index in [0.29, 0.717) is 16.7 Å². The maximum absolute atomic E-state index is 11.9. The molecule has 0 aromatic heterocycles. The lowest BCUT2D eigenvalue weighted by atomic mass is 9.86. The molecule has 0 spiro atoms. The highest BCUT2D eigenvalue weighted by molar-refractivity contribution is 6.32. The molecule has 1 aromatic carbocycles. The maximum atomic E-state index is 11.9. The first kappa shape index (κ1) is 15.2. The molecule has 20 heavy (non-hydrogen) atoms. The predicted molar refractivity (Wildman–Crippen MR) is 81.2 cm³/mol. The van der Waals surface area contributed by atoms with Crippen LogP contribution in [-0.4, -0.2) is 18.6 Å². The normalized spacial score (nSPS) is 22.4. The quantitative estimate of drug-likeness (QED) is 0.919. The minimum Gasteiger partial charge on any atom is -0.482 e. The summed E-state index contributed by atoms with van der Waals surface area (Å²) in [4.78, 5) is 11.9. The molecular weight excluding hydrogens is 274 g/mol. The zero-order valence-corrected chi connectivity index (χ0v) is 12.9. The number of carbonyl (C=O) groups excluding carboxylic acids is 1. The average Bonchev–Trinajstić information content (AvgIpc) is 2.42. The molecule has 0 saturated heterocycles. The third-order valence-corrected chi connectivity index (χ3v) is 4.22. The van der Waals surface area contributed by atoms with Crippen LogP contribution in [0.5, 0.6) is 5.75 Å². The van der Waals surface area contributed by atoms with E-state index in [0.717, 1.165) is 12.0 Å². The smallest absolute Gasteiger partial charge is 0.258 e. The van der Waals surface area contributed by atoms with Gasteiger partial charge in [-0.15, -0.1) is 0 Å². The molecule has 2 rings (SSSR count). The first-order chi connectivity index (χ1) is 9.56. The Balaban J connectivity index is 1.84. The van der Waals surface area contributed by atoms with Crippen molar-refractivity contribution in [3.8, 4) is 5.75 Å². The van der Waals surface area contributed by atoms with Crippen molar-refractivity contribution in [2.75, 3.05) is 6.61 Å². The number of carbonyl (C=O) groups is 1. The second-order valence-corrected chi connectivity index (χ2v) is 6.07. The monoisotopic (exact) mass is 295 g/mol. The van der Waals surface area contributed by atoms with Crippen LogP contribution >= 0.6 is 11.6 Å². The summed E-state index contributed by atoms with van der Waals surface area (Å²) in [6, 6.07) is 5.83. The van der Waals surface area contributed by atoms with Crippen LogP contribution in [0, 0.1) is 12.8 Å². The molecule has 4 heteroatoms. The van der Waals surface area contributed by atoms with Gasteiger partial charge in [0.1, 0.15) is 5.75 Å². The summed E-state index contributed by atoms with van der Waals surface area (Å²) >= 11 is 6.04. The highest BCUT2D eigenvalue weighted by Gasteiger charge is 2.22. The highest BCUT2D eigenvalue weighted by atomic mass is 35.5. The predicted octanol–water partition coefficient (Wildman–Crippen LogP) is 3.72. The third-order valence-electron chi connectivity index (χ3n) is 3.90. The number of rotatable bonds is 4. The van der Waals surface area contributed by atoms with E-state index in [1.165, 1.54) is 19.3 Å². The van der Waals surface area contributed by atoms with Gasteiger partial charge in [0.05, 0.1) is 5.02 Å².